The van der Waals surface area contributed by atoms with E-state index in [9.17, 15) is 0 Å². The molecule has 0 radical (unpaired) electrons. The zero-order valence-electron chi connectivity index (χ0n) is 14.0. The Bertz CT molecular complexity index is 611. The molecule has 0 aliphatic heterocycles. The van der Waals surface area contributed by atoms with Crippen LogP contribution in [0.3, 0.4) is 0 Å². The lowest BCUT2D eigenvalue weighted by atomic mass is 10.1. The van der Waals surface area contributed by atoms with Gasteiger partial charge in [0.1, 0.15) is 0 Å². The SMILES string of the molecule is CCc1nn(-c2cc(C)ccc2C)c(CC)c1CCNC. The molecule has 2 aromatic rings. The normalized spacial score (nSPS) is 11.1. The Kier molecular flexibility index (Phi) is 5.18. The van der Waals surface area contributed by atoms with Crippen LogP contribution in [0.15, 0.2) is 18.2 Å². The maximum atomic E-state index is 4.91. The van der Waals surface area contributed by atoms with Gasteiger partial charge < -0.3 is 5.32 Å². The highest BCUT2D eigenvalue weighted by Gasteiger charge is 2.17. The van der Waals surface area contributed by atoms with Gasteiger partial charge in [0.25, 0.3) is 0 Å². The van der Waals surface area contributed by atoms with Crippen LogP contribution < -0.4 is 5.32 Å². The third-order valence-corrected chi connectivity index (χ3v) is 4.06. The van der Waals surface area contributed by atoms with Gasteiger partial charge >= 0.3 is 0 Å². The first-order valence-corrected chi connectivity index (χ1v) is 7.94. The maximum absolute atomic E-state index is 4.91. The summed E-state index contributed by atoms with van der Waals surface area (Å²) in [4.78, 5) is 0. The molecule has 0 spiro atoms. The lowest BCUT2D eigenvalue weighted by Gasteiger charge is -2.11. The van der Waals surface area contributed by atoms with Crippen LogP contribution in [0.25, 0.3) is 5.69 Å². The van der Waals surface area contributed by atoms with Crippen LogP contribution in [-0.2, 0) is 19.3 Å². The Labute approximate surface area is 128 Å². The Morgan fingerprint density at radius 1 is 1.14 bits per heavy atom. The molecule has 0 atom stereocenters. The second kappa shape index (κ2) is 6.90. The van der Waals surface area contributed by atoms with Gasteiger partial charge in [-0.2, -0.15) is 5.10 Å². The summed E-state index contributed by atoms with van der Waals surface area (Å²) in [5, 5.41) is 8.16. The molecule has 1 aromatic heterocycles. The lowest BCUT2D eigenvalue weighted by molar-refractivity contribution is 0.770. The molecule has 3 heteroatoms. The number of aryl methyl sites for hydroxylation is 3. The maximum Gasteiger partial charge on any atom is 0.0680 e. The number of benzene rings is 1. The van der Waals surface area contributed by atoms with Crippen LogP contribution in [0.1, 0.15) is 41.9 Å². The van der Waals surface area contributed by atoms with Gasteiger partial charge in [-0.25, -0.2) is 4.68 Å². The van der Waals surface area contributed by atoms with Crippen molar-refractivity contribution in [3.63, 3.8) is 0 Å². The van der Waals surface area contributed by atoms with Crippen LogP contribution in [0.2, 0.25) is 0 Å². The first-order valence-electron chi connectivity index (χ1n) is 7.94. The summed E-state index contributed by atoms with van der Waals surface area (Å²) in [5.74, 6) is 0. The van der Waals surface area contributed by atoms with E-state index in [1.54, 1.807) is 0 Å². The summed E-state index contributed by atoms with van der Waals surface area (Å²) in [6.45, 7) is 9.72. The molecular formula is C18H27N3. The second-order valence-corrected chi connectivity index (χ2v) is 5.63. The van der Waals surface area contributed by atoms with Crippen LogP contribution in [0.4, 0.5) is 0 Å². The fourth-order valence-electron chi connectivity index (χ4n) is 2.87. The molecule has 2 rings (SSSR count). The lowest BCUT2D eigenvalue weighted by Crippen LogP contribution is -2.12. The molecule has 0 amide bonds. The number of hydrogen-bond acceptors (Lipinski definition) is 2. The molecular weight excluding hydrogens is 258 g/mol. The number of hydrogen-bond donors (Lipinski definition) is 1. The van der Waals surface area contributed by atoms with Crippen molar-refractivity contribution in [2.75, 3.05) is 13.6 Å². The zero-order valence-corrected chi connectivity index (χ0v) is 14.0. The minimum Gasteiger partial charge on any atom is -0.319 e. The first-order chi connectivity index (χ1) is 10.1. The summed E-state index contributed by atoms with van der Waals surface area (Å²) in [5.41, 5.74) is 7.80. The number of likely N-dealkylation sites (N-methyl/N-ethyl adjacent to an activating group) is 1. The van der Waals surface area contributed by atoms with Gasteiger partial charge in [0.15, 0.2) is 0 Å². The molecule has 1 N–H and O–H groups in total. The highest BCUT2D eigenvalue weighted by Crippen LogP contribution is 2.23. The number of nitrogens with one attached hydrogen (secondary N) is 1. The molecule has 0 unspecified atom stereocenters. The van der Waals surface area contributed by atoms with E-state index in [0.29, 0.717) is 0 Å². The van der Waals surface area contributed by atoms with Gasteiger partial charge in [-0.1, -0.05) is 26.0 Å². The Hall–Kier alpha value is -1.61. The van der Waals surface area contributed by atoms with Crippen molar-refractivity contribution in [2.45, 2.75) is 47.0 Å². The summed E-state index contributed by atoms with van der Waals surface area (Å²) < 4.78 is 2.17. The van der Waals surface area contributed by atoms with Crippen LogP contribution in [-0.4, -0.2) is 23.4 Å². The Morgan fingerprint density at radius 3 is 2.52 bits per heavy atom. The fraction of sp³-hybridized carbons (Fsp3) is 0.500. The zero-order chi connectivity index (χ0) is 15.4. The van der Waals surface area contributed by atoms with Gasteiger partial charge in [0, 0.05) is 5.69 Å². The van der Waals surface area contributed by atoms with Crippen LogP contribution in [0, 0.1) is 13.8 Å². The van der Waals surface area contributed by atoms with Gasteiger partial charge in [0.05, 0.1) is 11.4 Å². The molecule has 0 aliphatic rings. The number of nitrogens with zero attached hydrogens (tertiary/aromatic N) is 2. The minimum absolute atomic E-state index is 0.990. The highest BCUT2D eigenvalue weighted by atomic mass is 15.3. The van der Waals surface area contributed by atoms with E-state index >= 15 is 0 Å². The van der Waals surface area contributed by atoms with Crippen molar-refractivity contribution in [3.05, 3.63) is 46.3 Å². The van der Waals surface area contributed by atoms with Gasteiger partial charge in [-0.15, -0.1) is 0 Å². The third kappa shape index (κ3) is 3.18. The average Bonchev–Trinajstić information content (AvgIpc) is 2.84. The van der Waals surface area contributed by atoms with Crippen LogP contribution in [0.5, 0.6) is 0 Å². The summed E-state index contributed by atoms with van der Waals surface area (Å²) in [6, 6.07) is 6.59. The summed E-state index contributed by atoms with van der Waals surface area (Å²) in [7, 11) is 2.01. The van der Waals surface area contributed by atoms with Crippen molar-refractivity contribution in [2.24, 2.45) is 0 Å². The quantitative estimate of drug-likeness (QED) is 0.882. The molecule has 1 aromatic carbocycles. The van der Waals surface area contributed by atoms with Gasteiger partial charge in [-0.3, -0.25) is 0 Å². The predicted molar refractivity (Wildman–Crippen MR) is 89.4 cm³/mol. The molecule has 1 heterocycles. The van der Waals surface area contributed by atoms with Gasteiger partial charge in [0.2, 0.25) is 0 Å². The smallest absolute Gasteiger partial charge is 0.0680 e. The molecule has 0 saturated carbocycles. The Balaban J connectivity index is 2.57. The third-order valence-electron chi connectivity index (χ3n) is 4.06. The molecule has 0 bridgehead atoms. The molecule has 21 heavy (non-hydrogen) atoms. The Morgan fingerprint density at radius 2 is 1.90 bits per heavy atom. The monoisotopic (exact) mass is 285 g/mol. The predicted octanol–water partition coefficient (Wildman–Crippen LogP) is 3.38. The van der Waals surface area contributed by atoms with Crippen molar-refractivity contribution < 1.29 is 0 Å². The molecule has 114 valence electrons. The highest BCUT2D eigenvalue weighted by molar-refractivity contribution is 5.45. The van der Waals surface area contributed by atoms with E-state index in [0.717, 1.165) is 25.8 Å². The van der Waals surface area contributed by atoms with Crippen LogP contribution >= 0.6 is 0 Å². The largest absolute Gasteiger partial charge is 0.319 e. The minimum atomic E-state index is 0.990. The number of rotatable bonds is 6. The van der Waals surface area contributed by atoms with Crippen molar-refractivity contribution >= 4 is 0 Å². The topological polar surface area (TPSA) is 29.9 Å². The first kappa shape index (κ1) is 15.8. The van der Waals surface area contributed by atoms with Gasteiger partial charge in [-0.05, 0) is 69.5 Å². The van der Waals surface area contributed by atoms with Crippen molar-refractivity contribution in [3.8, 4) is 5.69 Å². The van der Waals surface area contributed by atoms with E-state index in [4.69, 9.17) is 5.10 Å². The van der Waals surface area contributed by atoms with E-state index in [1.165, 1.54) is 33.8 Å². The van der Waals surface area contributed by atoms with E-state index < -0.39 is 0 Å². The summed E-state index contributed by atoms with van der Waals surface area (Å²) in [6.07, 6.45) is 3.05. The molecule has 3 nitrogen and oxygen atoms in total. The summed E-state index contributed by atoms with van der Waals surface area (Å²) >= 11 is 0. The second-order valence-electron chi connectivity index (χ2n) is 5.63. The van der Waals surface area contributed by atoms with E-state index in [2.05, 4.69) is 55.9 Å². The van der Waals surface area contributed by atoms with E-state index in [-0.39, 0.29) is 0 Å². The van der Waals surface area contributed by atoms with Crippen molar-refractivity contribution in [1.29, 1.82) is 0 Å². The fourth-order valence-corrected chi connectivity index (χ4v) is 2.87. The average molecular weight is 285 g/mol. The standard InChI is InChI=1S/C18H27N3/c1-6-16-15(10-11-19-5)17(7-2)21(20-16)18-12-13(3)8-9-14(18)4/h8-9,12,19H,6-7,10-11H2,1-5H3. The molecule has 0 saturated heterocycles. The molecule has 0 fully saturated rings. The molecule has 0 aliphatic carbocycles. The van der Waals surface area contributed by atoms with E-state index in [1.807, 2.05) is 7.05 Å². The van der Waals surface area contributed by atoms with Crippen molar-refractivity contribution in [1.82, 2.24) is 15.1 Å². The number of aromatic nitrogens is 2.